The van der Waals surface area contributed by atoms with Gasteiger partial charge in [0.15, 0.2) is 0 Å². The van der Waals surface area contributed by atoms with Crippen molar-refractivity contribution in [1.29, 1.82) is 0 Å². The van der Waals surface area contributed by atoms with E-state index in [0.29, 0.717) is 35.4 Å². The maximum atomic E-state index is 13.9. The first-order chi connectivity index (χ1) is 16.4. The summed E-state index contributed by atoms with van der Waals surface area (Å²) in [7, 11) is 0. The van der Waals surface area contributed by atoms with Gasteiger partial charge >= 0.3 is 6.18 Å². The van der Waals surface area contributed by atoms with Crippen LogP contribution in [0.25, 0.3) is 0 Å². The summed E-state index contributed by atoms with van der Waals surface area (Å²) in [4.78, 5) is 25.9. The molecule has 2 N–H and O–H groups in total. The second-order valence-corrected chi connectivity index (χ2v) is 9.15. The molecular weight excluding hydrogens is 460 g/mol. The highest BCUT2D eigenvalue weighted by molar-refractivity contribution is 6.08. The monoisotopic (exact) mass is 484 g/mol. The Labute approximate surface area is 200 Å². The van der Waals surface area contributed by atoms with E-state index in [0.717, 1.165) is 22.8 Å². The van der Waals surface area contributed by atoms with Crippen molar-refractivity contribution in [2.75, 3.05) is 5.32 Å². The zero-order chi connectivity index (χ0) is 25.5. The van der Waals surface area contributed by atoms with Crippen molar-refractivity contribution in [1.82, 2.24) is 5.32 Å². The summed E-state index contributed by atoms with van der Waals surface area (Å²) in [5, 5.41) is 5.60. The van der Waals surface area contributed by atoms with Gasteiger partial charge in [-0.3, -0.25) is 9.59 Å². The van der Waals surface area contributed by atoms with E-state index in [1.54, 1.807) is 12.1 Å². The van der Waals surface area contributed by atoms with Crippen molar-refractivity contribution in [3.63, 3.8) is 0 Å². The fourth-order valence-corrected chi connectivity index (χ4v) is 4.41. The number of hydrogen-bond donors (Lipinski definition) is 2. The highest BCUT2D eigenvalue weighted by Crippen LogP contribution is 2.39. The number of amides is 2. The number of nitrogens with one attached hydrogen (secondary N) is 2. The van der Waals surface area contributed by atoms with Gasteiger partial charge in [-0.05, 0) is 66.3 Å². The SMILES string of the molecule is Cc1ccccc1C1NC(=O)c2cc(CC(C)C)cc(NC(=O)c3cc(F)cc(C(F)(F)F)c3)c21. The van der Waals surface area contributed by atoms with Gasteiger partial charge in [-0.25, -0.2) is 4.39 Å². The van der Waals surface area contributed by atoms with Crippen molar-refractivity contribution in [2.24, 2.45) is 5.92 Å². The molecular formula is C27H24F4N2O2. The molecule has 0 aliphatic carbocycles. The van der Waals surface area contributed by atoms with Gasteiger partial charge in [0.05, 0.1) is 11.6 Å². The van der Waals surface area contributed by atoms with Gasteiger partial charge in [0, 0.05) is 22.4 Å². The van der Waals surface area contributed by atoms with Crippen LogP contribution in [0, 0.1) is 18.7 Å². The molecule has 4 rings (SSSR count). The van der Waals surface area contributed by atoms with Crippen molar-refractivity contribution < 1.29 is 27.2 Å². The van der Waals surface area contributed by atoms with Crippen LogP contribution < -0.4 is 10.6 Å². The zero-order valence-electron chi connectivity index (χ0n) is 19.4. The number of alkyl halides is 3. The fourth-order valence-electron chi connectivity index (χ4n) is 4.41. The Hall–Kier alpha value is -3.68. The zero-order valence-corrected chi connectivity index (χ0v) is 19.4. The molecule has 3 aromatic carbocycles. The minimum Gasteiger partial charge on any atom is -0.341 e. The summed E-state index contributed by atoms with van der Waals surface area (Å²) in [6.45, 7) is 5.91. The largest absolute Gasteiger partial charge is 0.416 e. The Kier molecular flexibility index (Phi) is 6.40. The number of carbonyl (C=O) groups excluding carboxylic acids is 2. The van der Waals surface area contributed by atoms with Crippen molar-refractivity contribution >= 4 is 17.5 Å². The number of carbonyl (C=O) groups is 2. The van der Waals surface area contributed by atoms with E-state index >= 15 is 0 Å². The van der Waals surface area contributed by atoms with E-state index in [1.165, 1.54) is 0 Å². The topological polar surface area (TPSA) is 58.2 Å². The Balaban J connectivity index is 1.81. The Morgan fingerprint density at radius 3 is 2.46 bits per heavy atom. The van der Waals surface area contributed by atoms with Gasteiger partial charge in [0.2, 0.25) is 0 Å². The number of fused-ring (bicyclic) bond motifs is 1. The lowest BCUT2D eigenvalue weighted by molar-refractivity contribution is -0.137. The van der Waals surface area contributed by atoms with Crippen LogP contribution in [-0.2, 0) is 12.6 Å². The maximum Gasteiger partial charge on any atom is 0.416 e. The van der Waals surface area contributed by atoms with Crippen LogP contribution in [0.4, 0.5) is 23.2 Å². The first kappa shape index (κ1) is 24.4. The highest BCUT2D eigenvalue weighted by atomic mass is 19.4. The fraction of sp³-hybridized carbons (Fsp3) is 0.259. The molecule has 0 bridgehead atoms. The quantitative estimate of drug-likeness (QED) is 0.410. The summed E-state index contributed by atoms with van der Waals surface area (Å²) in [5.41, 5.74) is 2.05. The molecule has 35 heavy (non-hydrogen) atoms. The molecule has 1 aliphatic rings. The Bertz CT molecular complexity index is 1320. The van der Waals surface area contributed by atoms with Gasteiger partial charge in [-0.15, -0.1) is 0 Å². The summed E-state index contributed by atoms with van der Waals surface area (Å²) in [5.74, 6) is -2.12. The summed E-state index contributed by atoms with van der Waals surface area (Å²) >= 11 is 0. The molecule has 0 saturated heterocycles. The molecule has 1 aliphatic heterocycles. The Morgan fingerprint density at radius 1 is 1.09 bits per heavy atom. The van der Waals surface area contributed by atoms with Crippen LogP contribution in [0.1, 0.15) is 68.4 Å². The first-order valence-corrected chi connectivity index (χ1v) is 11.2. The van der Waals surface area contributed by atoms with E-state index in [2.05, 4.69) is 10.6 Å². The summed E-state index contributed by atoms with van der Waals surface area (Å²) in [6, 6.07) is 12.1. The molecule has 1 heterocycles. The molecule has 1 unspecified atom stereocenters. The molecule has 182 valence electrons. The molecule has 8 heteroatoms. The molecule has 0 spiro atoms. The molecule has 1 atom stereocenters. The predicted octanol–water partition coefficient (Wildman–Crippen LogP) is 6.44. The minimum atomic E-state index is -4.80. The third-order valence-corrected chi connectivity index (χ3v) is 5.93. The number of rotatable bonds is 5. The normalized spacial score (nSPS) is 15.2. The lowest BCUT2D eigenvalue weighted by Gasteiger charge is -2.20. The lowest BCUT2D eigenvalue weighted by atomic mass is 9.91. The molecule has 4 nitrogen and oxygen atoms in total. The van der Waals surface area contributed by atoms with Crippen molar-refractivity contribution in [2.45, 2.75) is 39.4 Å². The Morgan fingerprint density at radius 2 is 1.80 bits per heavy atom. The second kappa shape index (κ2) is 9.17. The standard InChI is InChI=1S/C27H24F4N2O2/c1-14(2)8-16-9-21-23(24(33-26(21)35)20-7-5-4-6-15(20)3)22(10-16)32-25(34)17-11-18(27(29,30)31)13-19(28)12-17/h4-7,9-14,24H,8H2,1-3H3,(H,32,34)(H,33,35). The number of hydrogen-bond acceptors (Lipinski definition) is 2. The van der Waals surface area contributed by atoms with Gasteiger partial charge in [0.25, 0.3) is 11.8 Å². The predicted molar refractivity (Wildman–Crippen MR) is 125 cm³/mol. The van der Waals surface area contributed by atoms with Gasteiger partial charge in [0.1, 0.15) is 5.82 Å². The van der Waals surface area contributed by atoms with Gasteiger partial charge < -0.3 is 10.6 Å². The summed E-state index contributed by atoms with van der Waals surface area (Å²) < 4.78 is 53.4. The first-order valence-electron chi connectivity index (χ1n) is 11.2. The third kappa shape index (κ3) is 5.06. The van der Waals surface area contributed by atoms with E-state index in [9.17, 15) is 27.2 Å². The number of benzene rings is 3. The van der Waals surface area contributed by atoms with Crippen LogP contribution in [0.2, 0.25) is 0 Å². The molecule has 0 aromatic heterocycles. The average molecular weight is 484 g/mol. The number of halogens is 4. The van der Waals surface area contributed by atoms with Crippen LogP contribution >= 0.6 is 0 Å². The summed E-state index contributed by atoms with van der Waals surface area (Å²) in [6.07, 6.45) is -4.18. The minimum absolute atomic E-state index is 0.255. The third-order valence-electron chi connectivity index (χ3n) is 5.93. The van der Waals surface area contributed by atoms with E-state index in [-0.39, 0.29) is 11.8 Å². The molecule has 0 fully saturated rings. The molecule has 3 aromatic rings. The second-order valence-electron chi connectivity index (χ2n) is 9.15. The van der Waals surface area contributed by atoms with Crippen molar-refractivity contribution in [3.8, 4) is 0 Å². The lowest BCUT2D eigenvalue weighted by Crippen LogP contribution is -2.21. The smallest absolute Gasteiger partial charge is 0.341 e. The molecule has 0 radical (unpaired) electrons. The number of anilines is 1. The molecule has 2 amide bonds. The van der Waals surface area contributed by atoms with Crippen LogP contribution in [0.3, 0.4) is 0 Å². The van der Waals surface area contributed by atoms with Gasteiger partial charge in [-0.1, -0.05) is 38.1 Å². The van der Waals surface area contributed by atoms with Crippen molar-refractivity contribution in [3.05, 3.63) is 99.4 Å². The molecule has 0 saturated carbocycles. The van der Waals surface area contributed by atoms with E-state index in [1.807, 2.05) is 45.0 Å². The van der Waals surface area contributed by atoms with Crippen LogP contribution in [0.15, 0.2) is 54.6 Å². The van der Waals surface area contributed by atoms with E-state index < -0.39 is 35.1 Å². The highest BCUT2D eigenvalue weighted by Gasteiger charge is 2.35. The maximum absolute atomic E-state index is 13.9. The number of aryl methyl sites for hydroxylation is 1. The van der Waals surface area contributed by atoms with E-state index in [4.69, 9.17) is 0 Å². The van der Waals surface area contributed by atoms with Crippen LogP contribution in [-0.4, -0.2) is 11.8 Å². The van der Waals surface area contributed by atoms with Gasteiger partial charge in [-0.2, -0.15) is 13.2 Å². The average Bonchev–Trinajstić information content (AvgIpc) is 3.09. The van der Waals surface area contributed by atoms with Crippen LogP contribution in [0.5, 0.6) is 0 Å².